The summed E-state index contributed by atoms with van der Waals surface area (Å²) in [4.78, 5) is 33.1. The number of esters is 1. The molecule has 510 valence electrons. The number of ketones is 2. The number of rotatable bonds is 6. The van der Waals surface area contributed by atoms with Crippen LogP contribution in [0.2, 0.25) is 0 Å². The van der Waals surface area contributed by atoms with Crippen LogP contribution in [0.15, 0.2) is 49.0 Å². The van der Waals surface area contributed by atoms with E-state index in [1.165, 1.54) is 24.8 Å². The molecule has 6 atom stereocenters. The fourth-order valence-corrected chi connectivity index (χ4v) is 7.95. The first kappa shape index (κ1) is 110. The van der Waals surface area contributed by atoms with E-state index < -0.39 is 0 Å². The number of carbonyl (C=O) groups is 3. The summed E-state index contributed by atoms with van der Waals surface area (Å²) in [7, 11) is 0. The van der Waals surface area contributed by atoms with Crippen LogP contribution in [0.3, 0.4) is 0 Å². The maximum absolute atomic E-state index is 11.5. The van der Waals surface area contributed by atoms with Crippen LogP contribution in [0.1, 0.15) is 203 Å². The average molecular weight is 1270 g/mol. The van der Waals surface area contributed by atoms with Crippen LogP contribution in [0.5, 0.6) is 0 Å². The Morgan fingerprint density at radius 1 is 0.410 bits per heavy atom. The number of hydrogen-bond acceptors (Lipinski definition) is 7. The van der Waals surface area contributed by atoms with Gasteiger partial charge in [-0.15, -0.1) is 0 Å². The Labute approximate surface area is 480 Å². The van der Waals surface area contributed by atoms with E-state index in [2.05, 4.69) is 144 Å². The van der Waals surface area contributed by atoms with Crippen molar-refractivity contribution in [2.45, 2.75) is 219 Å². The fraction of sp³-hybridized carbons (Fsp3) is 0.800. The number of halogens is 21. The molecule has 0 aromatic carbocycles. The molecular weight excluding hydrogens is 1170 g/mol. The van der Waals surface area contributed by atoms with Gasteiger partial charge in [0.1, 0.15) is 23.6 Å². The third-order valence-corrected chi connectivity index (χ3v) is 15.9. The summed E-state index contributed by atoms with van der Waals surface area (Å²) in [6.07, 6.45) is 10.9. The molecule has 83 heavy (non-hydrogen) atoms. The third-order valence-electron chi connectivity index (χ3n) is 15.9. The summed E-state index contributed by atoms with van der Waals surface area (Å²) < 4.78 is 165. The highest BCUT2D eigenvalue weighted by molar-refractivity contribution is 5.90. The Morgan fingerprint density at radius 3 is 0.867 bits per heavy atom. The molecule has 0 aromatic rings. The van der Waals surface area contributed by atoms with Gasteiger partial charge in [-0.1, -0.05) is 149 Å². The monoisotopic (exact) mass is 1270 g/mol. The number of cyclic esters (lactones) is 1. The molecule has 4 heterocycles. The van der Waals surface area contributed by atoms with E-state index in [1.54, 1.807) is 0 Å². The van der Waals surface area contributed by atoms with Crippen LogP contribution in [-0.2, 0) is 33.3 Å². The summed E-state index contributed by atoms with van der Waals surface area (Å²) in [6, 6.07) is 0. The Morgan fingerprint density at radius 2 is 0.747 bits per heavy atom. The molecule has 6 unspecified atom stereocenters. The molecule has 0 bridgehead atoms. The first-order chi connectivity index (χ1) is 36.7. The van der Waals surface area contributed by atoms with Gasteiger partial charge < -0.3 is 18.9 Å². The van der Waals surface area contributed by atoms with E-state index in [4.69, 9.17) is 101 Å². The van der Waals surface area contributed by atoms with Gasteiger partial charge in [0.25, 0.3) is 0 Å². The summed E-state index contributed by atoms with van der Waals surface area (Å²) >= 11 is 0. The van der Waals surface area contributed by atoms with Crippen LogP contribution in [0.25, 0.3) is 0 Å². The van der Waals surface area contributed by atoms with Gasteiger partial charge in [0.05, 0.1) is 30.1 Å². The molecule has 7 nitrogen and oxygen atoms in total. The molecule has 6 aliphatic rings. The zero-order chi connectivity index (χ0) is 65.5. The molecule has 6 fully saturated rings. The van der Waals surface area contributed by atoms with Gasteiger partial charge in [-0.25, -0.2) is 0 Å². The van der Waals surface area contributed by atoms with E-state index in [0.29, 0.717) is 73.3 Å². The lowest BCUT2D eigenvalue weighted by Gasteiger charge is -2.27. The number of carbonyl (C=O) groups excluding carboxylic acids is 3. The zero-order valence-electron chi connectivity index (χ0n) is 50.9. The minimum absolute atomic E-state index is 0. The Kier molecular flexibility index (Phi) is 79.1. The third kappa shape index (κ3) is 43.2. The predicted octanol–water partition coefficient (Wildman–Crippen LogP) is 23.1. The summed E-state index contributed by atoms with van der Waals surface area (Å²) in [5, 5.41) is 0. The Hall–Kier alpha value is -4.14. The molecule has 2 aliphatic carbocycles. The van der Waals surface area contributed by atoms with Crippen molar-refractivity contribution < 1.29 is 130 Å². The van der Waals surface area contributed by atoms with Crippen molar-refractivity contribution in [2.24, 2.45) is 51.8 Å². The molecular formula is C55H101F21O7. The average Bonchev–Trinajstić information content (AvgIpc) is 4.30. The topological polar surface area (TPSA) is 88.1 Å². The van der Waals surface area contributed by atoms with Gasteiger partial charge in [-0.2, -0.15) is 0 Å². The SMILES string of the molecule is C.C=C1CC(=O)C(C)(C(C)C)C1.C=C1CCC(C)(C(C)C)C1.C=C1CCC(C)(C(C)C)O1.C=C1CCC(C)(C(C)C)O1.CC(C)C1(C)CC(=O)CO1.CC(C)C1(C)COC(=O)C1.F.F.F.FF.FF.FF.FF.FF.FF.FF.FF.FF. The number of allylic oxidation sites excluding steroid dienone is 4. The van der Waals surface area contributed by atoms with Gasteiger partial charge in [-0.05, 0) is 100 Å². The van der Waals surface area contributed by atoms with E-state index in [9.17, 15) is 14.4 Å². The maximum Gasteiger partial charge on any atom is 0.306 e. The van der Waals surface area contributed by atoms with Crippen molar-refractivity contribution in [3.63, 3.8) is 0 Å². The van der Waals surface area contributed by atoms with Crippen LogP contribution < -0.4 is 0 Å². The number of hydrogen-bond donors (Lipinski definition) is 0. The summed E-state index contributed by atoms with van der Waals surface area (Å²) in [6.45, 7) is 55.3. The minimum atomic E-state index is -0.183. The van der Waals surface area contributed by atoms with Crippen LogP contribution in [0.4, 0.5) is 96.4 Å². The lowest BCUT2D eigenvalue weighted by molar-refractivity contribution is -0.138. The first-order valence-electron chi connectivity index (χ1n) is 24.9. The highest BCUT2D eigenvalue weighted by Gasteiger charge is 2.42. The minimum Gasteiger partial charge on any atom is -0.492 e. The normalized spacial score (nSPS) is 25.0. The second kappa shape index (κ2) is 59.6. The Balaban J connectivity index is -0.0000000604. The predicted molar refractivity (Wildman–Crippen MR) is 289 cm³/mol. The van der Waals surface area contributed by atoms with Crippen molar-refractivity contribution >= 4 is 17.5 Å². The highest BCUT2D eigenvalue weighted by atomic mass is 20.0. The molecule has 28 heteroatoms. The van der Waals surface area contributed by atoms with E-state index in [-0.39, 0.29) is 60.9 Å². The van der Waals surface area contributed by atoms with E-state index in [0.717, 1.165) is 55.1 Å². The molecule has 0 amide bonds. The molecule has 0 spiro atoms. The van der Waals surface area contributed by atoms with E-state index in [1.807, 2.05) is 6.92 Å². The summed E-state index contributed by atoms with van der Waals surface area (Å²) in [5.41, 5.74) is 3.05. The molecule has 4 aliphatic heterocycles. The fourth-order valence-electron chi connectivity index (χ4n) is 7.95. The Bertz CT molecular complexity index is 1390. The molecule has 2 saturated carbocycles. The quantitative estimate of drug-likeness (QED) is 0.149. The van der Waals surface area contributed by atoms with Crippen molar-refractivity contribution in [3.8, 4) is 0 Å². The second-order valence-corrected chi connectivity index (χ2v) is 22.7. The highest BCUT2D eigenvalue weighted by Crippen LogP contribution is 2.46. The number of ether oxygens (including phenoxy) is 4. The van der Waals surface area contributed by atoms with Gasteiger partial charge in [0, 0.05) is 119 Å². The maximum atomic E-state index is 11.5. The molecule has 0 aromatic heterocycles. The molecule has 0 radical (unpaired) electrons. The summed E-state index contributed by atoms with van der Waals surface area (Å²) in [5.74, 6) is 5.86. The second-order valence-electron chi connectivity index (χ2n) is 22.7. The lowest BCUT2D eigenvalue weighted by atomic mass is 9.77. The molecule has 0 N–H and O–H groups in total. The van der Waals surface area contributed by atoms with Crippen LogP contribution in [-0.4, -0.2) is 47.6 Å². The van der Waals surface area contributed by atoms with Crippen molar-refractivity contribution in [1.29, 1.82) is 0 Å². The first-order valence-corrected chi connectivity index (χ1v) is 24.9. The van der Waals surface area contributed by atoms with Crippen LogP contribution >= 0.6 is 0 Å². The smallest absolute Gasteiger partial charge is 0.306 e. The van der Waals surface area contributed by atoms with Crippen molar-refractivity contribution in [1.82, 2.24) is 0 Å². The molecule has 6 rings (SSSR count). The molecule has 4 saturated heterocycles. The van der Waals surface area contributed by atoms with Gasteiger partial charge in [-0.3, -0.25) is 28.5 Å². The standard InChI is InChI=1S/C10H16O.C10H18.2C9H16O.2C8H14O2.CH4.9F2.3FH/c1-7(2)10(4)6-8(3)5-9(10)11;1-8(2)10(4)6-5-9(3)7-10;2*1-7(2)9(4)6-5-8(3)10-9;1-6(2)8(3)4-7(9)10-5-8;1-6(2)8(3)4-7(9)5-10-8;;9*1-2;;;/h7H,3,5-6H2,1-2,4H3;8H,3,5-7H2,1-2,4H3;2*7H,3,5-6H2,1-2,4H3;2*6H,4-5H2,1-3H3;1H4;;;;;;;;;;3*1H. The van der Waals surface area contributed by atoms with Crippen molar-refractivity contribution in [2.75, 3.05) is 13.2 Å². The number of Topliss-reactive ketones (excluding diaryl/α,β-unsaturated/α-hetero) is 2. The van der Waals surface area contributed by atoms with Crippen molar-refractivity contribution in [3.05, 3.63) is 49.0 Å². The van der Waals surface area contributed by atoms with Gasteiger partial charge >= 0.3 is 5.97 Å². The van der Waals surface area contributed by atoms with Gasteiger partial charge in [0.2, 0.25) is 0 Å². The zero-order valence-corrected chi connectivity index (χ0v) is 50.9. The largest absolute Gasteiger partial charge is 0.492 e. The van der Waals surface area contributed by atoms with Crippen LogP contribution in [0, 0.1) is 51.8 Å². The van der Waals surface area contributed by atoms with Gasteiger partial charge in [0.15, 0.2) is 5.78 Å². The van der Waals surface area contributed by atoms with E-state index >= 15 is 0 Å². The lowest BCUT2D eigenvalue weighted by Crippen LogP contribution is -2.30.